The second-order valence-electron chi connectivity index (χ2n) is 12.8. The highest BCUT2D eigenvalue weighted by Gasteiger charge is 2.36. The van der Waals surface area contributed by atoms with E-state index in [0.717, 1.165) is 17.2 Å². The highest BCUT2D eigenvalue weighted by atomic mass is 28.3. The van der Waals surface area contributed by atoms with Crippen molar-refractivity contribution in [2.75, 3.05) is 13.7 Å². The number of carbonyl (C=O) groups is 3. The van der Waals surface area contributed by atoms with E-state index in [0.29, 0.717) is 12.4 Å². The quantitative estimate of drug-likeness (QED) is 0.151. The number of hydrogen-bond donors (Lipinski definition) is 0. The second kappa shape index (κ2) is 15.1. The molecule has 0 unspecified atom stereocenters. The number of rotatable bonds is 13. The lowest BCUT2D eigenvalue weighted by Crippen LogP contribution is -2.48. The van der Waals surface area contributed by atoms with Crippen molar-refractivity contribution in [3.63, 3.8) is 0 Å². The molecule has 0 aromatic heterocycles. The molecule has 9 heteroatoms. The Labute approximate surface area is 246 Å². The SMILES string of the molecule is CC(C)[C@H](OC(=O)[C@H](Cc1ccc(OCc2ccccc2)cc1)N(C)C(=O)OC(C)(C)C)C(=O)OCC[Si](C)(C)C. The molecular weight excluding hydrogens is 538 g/mol. The maximum atomic E-state index is 13.5. The molecule has 0 saturated heterocycles. The van der Waals surface area contributed by atoms with Gasteiger partial charge in [-0.1, -0.05) is 76.0 Å². The average Bonchev–Trinajstić information content (AvgIpc) is 2.88. The van der Waals surface area contributed by atoms with E-state index >= 15 is 0 Å². The summed E-state index contributed by atoms with van der Waals surface area (Å²) in [5.41, 5.74) is 1.09. The van der Waals surface area contributed by atoms with Crippen LogP contribution >= 0.6 is 0 Å². The Morgan fingerprint density at radius 2 is 1.49 bits per heavy atom. The van der Waals surface area contributed by atoms with E-state index in [1.165, 1.54) is 11.9 Å². The van der Waals surface area contributed by atoms with Gasteiger partial charge in [-0.3, -0.25) is 4.90 Å². The highest BCUT2D eigenvalue weighted by molar-refractivity contribution is 6.76. The molecule has 0 aliphatic carbocycles. The van der Waals surface area contributed by atoms with Crippen molar-refractivity contribution in [2.24, 2.45) is 5.92 Å². The Kier molecular flexibility index (Phi) is 12.4. The lowest BCUT2D eigenvalue weighted by atomic mass is 10.0. The third kappa shape index (κ3) is 12.4. The van der Waals surface area contributed by atoms with E-state index in [2.05, 4.69) is 19.6 Å². The van der Waals surface area contributed by atoms with Crippen molar-refractivity contribution in [3.8, 4) is 5.75 Å². The number of esters is 2. The number of carbonyl (C=O) groups excluding carboxylic acids is 3. The van der Waals surface area contributed by atoms with Gasteiger partial charge in [0.05, 0.1) is 6.61 Å². The van der Waals surface area contributed by atoms with Crippen molar-refractivity contribution >= 4 is 26.1 Å². The van der Waals surface area contributed by atoms with Crippen molar-refractivity contribution in [3.05, 3.63) is 65.7 Å². The van der Waals surface area contributed by atoms with Gasteiger partial charge in [0, 0.05) is 27.5 Å². The summed E-state index contributed by atoms with van der Waals surface area (Å²) in [7, 11) is 0.0887. The van der Waals surface area contributed by atoms with Gasteiger partial charge >= 0.3 is 18.0 Å². The third-order valence-corrected chi connectivity index (χ3v) is 7.90. The van der Waals surface area contributed by atoms with Crippen molar-refractivity contribution in [2.45, 2.75) is 91.1 Å². The van der Waals surface area contributed by atoms with Crippen LogP contribution in [0.3, 0.4) is 0 Å². The first kappa shape index (κ1) is 33.9. The van der Waals surface area contributed by atoms with Gasteiger partial charge in [0.25, 0.3) is 0 Å². The molecule has 2 aromatic rings. The summed E-state index contributed by atoms with van der Waals surface area (Å²) < 4.78 is 22.6. The first-order valence-electron chi connectivity index (χ1n) is 14.1. The average molecular weight is 586 g/mol. The summed E-state index contributed by atoms with van der Waals surface area (Å²) in [6.07, 6.45) is -1.60. The monoisotopic (exact) mass is 585 g/mol. The Morgan fingerprint density at radius 3 is 2.02 bits per heavy atom. The van der Waals surface area contributed by atoms with Crippen molar-refractivity contribution in [1.29, 1.82) is 0 Å². The summed E-state index contributed by atoms with van der Waals surface area (Å²) in [5, 5.41) is 0. The van der Waals surface area contributed by atoms with Gasteiger partial charge in [-0.15, -0.1) is 0 Å². The first-order valence-corrected chi connectivity index (χ1v) is 17.8. The molecule has 226 valence electrons. The van der Waals surface area contributed by atoms with Gasteiger partial charge in [0.15, 0.2) is 0 Å². The molecule has 1 amide bonds. The number of amides is 1. The molecule has 0 saturated carbocycles. The normalized spacial score (nSPS) is 13.2. The number of ether oxygens (including phenoxy) is 4. The second-order valence-corrected chi connectivity index (χ2v) is 18.4. The molecule has 0 aliphatic heterocycles. The summed E-state index contributed by atoms with van der Waals surface area (Å²) >= 11 is 0. The molecule has 0 N–H and O–H groups in total. The standard InChI is InChI=1S/C32H47NO7Si/c1-23(2)28(30(35)37-19-20-41(7,8)9)39-29(34)27(33(6)31(36)40-32(3,4)5)21-24-15-17-26(18-16-24)38-22-25-13-11-10-12-14-25/h10-18,23,27-28H,19-22H2,1-9H3/t27-,28-/m0/s1. The molecule has 2 rings (SSSR count). The molecule has 0 aliphatic rings. The van der Waals surface area contributed by atoms with Crippen LogP contribution in [0.1, 0.15) is 45.7 Å². The van der Waals surface area contributed by atoms with Crippen LogP contribution in [0.15, 0.2) is 54.6 Å². The zero-order valence-electron chi connectivity index (χ0n) is 26.1. The Bertz CT molecular complexity index is 1120. The van der Waals surface area contributed by atoms with Crippen LogP contribution in [0.2, 0.25) is 25.7 Å². The molecule has 0 spiro atoms. The molecule has 2 aromatic carbocycles. The van der Waals surface area contributed by atoms with Gasteiger partial charge in [-0.05, 0) is 50.1 Å². The summed E-state index contributed by atoms with van der Waals surface area (Å²) in [6.45, 7) is 16.1. The fraction of sp³-hybridized carbons (Fsp3) is 0.531. The maximum absolute atomic E-state index is 13.5. The molecule has 0 fully saturated rings. The Hall–Kier alpha value is -3.33. The largest absolute Gasteiger partial charge is 0.489 e. The summed E-state index contributed by atoms with van der Waals surface area (Å²) in [4.78, 5) is 40.6. The van der Waals surface area contributed by atoms with Gasteiger partial charge < -0.3 is 18.9 Å². The molecule has 2 atom stereocenters. The fourth-order valence-electron chi connectivity index (χ4n) is 3.73. The molecular formula is C32H47NO7Si. The van der Waals surface area contributed by atoms with Gasteiger partial charge in [-0.2, -0.15) is 0 Å². The van der Waals surface area contributed by atoms with Crippen LogP contribution in [0.25, 0.3) is 0 Å². The van der Waals surface area contributed by atoms with E-state index in [9.17, 15) is 14.4 Å². The third-order valence-electron chi connectivity index (χ3n) is 6.20. The molecule has 41 heavy (non-hydrogen) atoms. The van der Waals surface area contributed by atoms with Crippen molar-refractivity contribution < 1.29 is 33.3 Å². The minimum absolute atomic E-state index is 0.156. The summed E-state index contributed by atoms with van der Waals surface area (Å²) in [6, 6.07) is 17.0. The number of likely N-dealkylation sites (N-methyl/N-ethyl adjacent to an activating group) is 1. The minimum Gasteiger partial charge on any atom is -0.489 e. The molecule has 0 radical (unpaired) electrons. The lowest BCUT2D eigenvalue weighted by molar-refractivity contribution is -0.173. The Morgan fingerprint density at radius 1 is 0.878 bits per heavy atom. The minimum atomic E-state index is -1.41. The molecule has 8 nitrogen and oxygen atoms in total. The lowest BCUT2D eigenvalue weighted by Gasteiger charge is -2.31. The van der Waals surface area contributed by atoms with E-state index in [-0.39, 0.29) is 18.9 Å². The van der Waals surface area contributed by atoms with Crippen LogP contribution in [0.5, 0.6) is 5.75 Å². The van der Waals surface area contributed by atoms with E-state index in [1.54, 1.807) is 34.6 Å². The number of benzene rings is 2. The van der Waals surface area contributed by atoms with E-state index in [1.807, 2.05) is 54.6 Å². The van der Waals surface area contributed by atoms with E-state index in [4.69, 9.17) is 18.9 Å². The zero-order chi connectivity index (χ0) is 30.8. The predicted octanol–water partition coefficient (Wildman–Crippen LogP) is 6.49. The topological polar surface area (TPSA) is 91.4 Å². The first-order chi connectivity index (χ1) is 19.1. The summed E-state index contributed by atoms with van der Waals surface area (Å²) in [5.74, 6) is -0.918. The molecule has 0 bridgehead atoms. The zero-order valence-corrected chi connectivity index (χ0v) is 27.1. The predicted molar refractivity (Wildman–Crippen MR) is 163 cm³/mol. The maximum Gasteiger partial charge on any atom is 0.410 e. The number of nitrogens with zero attached hydrogens (tertiary/aromatic N) is 1. The van der Waals surface area contributed by atoms with E-state index < -0.39 is 43.9 Å². The van der Waals surface area contributed by atoms with Crippen LogP contribution in [0, 0.1) is 5.92 Å². The fourth-order valence-corrected chi connectivity index (χ4v) is 4.44. The van der Waals surface area contributed by atoms with Crippen LogP contribution < -0.4 is 4.74 Å². The van der Waals surface area contributed by atoms with Crippen LogP contribution in [0.4, 0.5) is 4.79 Å². The van der Waals surface area contributed by atoms with Crippen LogP contribution in [-0.4, -0.2) is 62.4 Å². The Balaban J connectivity index is 2.19. The van der Waals surface area contributed by atoms with Gasteiger partial charge in [0.1, 0.15) is 24.0 Å². The smallest absolute Gasteiger partial charge is 0.410 e. The van der Waals surface area contributed by atoms with Crippen LogP contribution in [-0.2, 0) is 36.8 Å². The highest BCUT2D eigenvalue weighted by Crippen LogP contribution is 2.20. The van der Waals surface area contributed by atoms with Gasteiger partial charge in [-0.25, -0.2) is 14.4 Å². The molecule has 0 heterocycles. The van der Waals surface area contributed by atoms with Gasteiger partial charge in [0.2, 0.25) is 6.10 Å². The van der Waals surface area contributed by atoms with Crippen molar-refractivity contribution in [1.82, 2.24) is 4.90 Å². The number of hydrogen-bond acceptors (Lipinski definition) is 7.